The Morgan fingerprint density at radius 1 is 1.38 bits per heavy atom. The second kappa shape index (κ2) is 8.13. The molecule has 1 atom stereocenters. The minimum Gasteiger partial charge on any atom is -0.490 e. The van der Waals surface area contributed by atoms with Crippen molar-refractivity contribution in [2.45, 2.75) is 39.8 Å². The van der Waals surface area contributed by atoms with Crippen molar-refractivity contribution in [3.8, 4) is 5.75 Å². The number of benzene rings is 1. The molecule has 0 saturated carbocycles. The Kier molecular flexibility index (Phi) is 6.17. The van der Waals surface area contributed by atoms with Crippen molar-refractivity contribution in [1.82, 2.24) is 14.9 Å². The van der Waals surface area contributed by atoms with E-state index in [1.54, 1.807) is 12.5 Å². The summed E-state index contributed by atoms with van der Waals surface area (Å²) in [5.41, 5.74) is 3.87. The number of aryl methyl sites for hydroxylation is 2. The lowest BCUT2D eigenvalue weighted by molar-refractivity contribution is 0.104. The van der Waals surface area contributed by atoms with E-state index >= 15 is 0 Å². The molecule has 24 heavy (non-hydrogen) atoms. The molecule has 2 rings (SSSR count). The van der Waals surface area contributed by atoms with Gasteiger partial charge < -0.3 is 19.7 Å². The van der Waals surface area contributed by atoms with Crippen LogP contribution in [0.4, 0.5) is 0 Å². The van der Waals surface area contributed by atoms with E-state index in [4.69, 9.17) is 4.74 Å². The van der Waals surface area contributed by atoms with E-state index in [0.717, 1.165) is 28.1 Å². The number of aliphatic hydroxyl groups excluding tert-OH is 1. The molecule has 1 aromatic heterocycles. The Morgan fingerprint density at radius 3 is 2.75 bits per heavy atom. The lowest BCUT2D eigenvalue weighted by Crippen LogP contribution is -2.35. The molecule has 2 aromatic rings. The second-order valence-electron chi connectivity index (χ2n) is 6.40. The van der Waals surface area contributed by atoms with Crippen LogP contribution in [0.25, 0.3) is 5.70 Å². The SMILES string of the molecule is C=C(c1cc(C)cc(C)c1OCC(O)CNC(C)C)n1ccnc1. The minimum absolute atomic E-state index is 0.230. The molecule has 0 aliphatic rings. The van der Waals surface area contributed by atoms with Crippen LogP contribution in [-0.2, 0) is 0 Å². The highest BCUT2D eigenvalue weighted by Crippen LogP contribution is 2.31. The molecule has 0 aliphatic heterocycles. The van der Waals surface area contributed by atoms with E-state index in [9.17, 15) is 5.11 Å². The van der Waals surface area contributed by atoms with Crippen LogP contribution in [0.5, 0.6) is 5.75 Å². The molecule has 1 unspecified atom stereocenters. The van der Waals surface area contributed by atoms with Crippen molar-refractivity contribution in [2.24, 2.45) is 0 Å². The van der Waals surface area contributed by atoms with E-state index in [1.165, 1.54) is 0 Å². The van der Waals surface area contributed by atoms with Crippen LogP contribution in [0.15, 0.2) is 37.4 Å². The number of rotatable bonds is 8. The van der Waals surface area contributed by atoms with Gasteiger partial charge in [0.1, 0.15) is 18.5 Å². The van der Waals surface area contributed by atoms with Gasteiger partial charge in [0.25, 0.3) is 0 Å². The largest absolute Gasteiger partial charge is 0.490 e. The van der Waals surface area contributed by atoms with Crippen LogP contribution in [0.3, 0.4) is 0 Å². The molecule has 5 heteroatoms. The standard InChI is InChI=1S/C19H27N3O2/c1-13(2)21-10-17(23)11-24-19-15(4)8-14(3)9-18(19)16(5)22-7-6-20-12-22/h6-9,12-13,17,21,23H,5,10-11H2,1-4H3. The lowest BCUT2D eigenvalue weighted by atomic mass is 10.0. The average Bonchev–Trinajstić information content (AvgIpc) is 3.05. The minimum atomic E-state index is -0.567. The van der Waals surface area contributed by atoms with Gasteiger partial charge in [-0.2, -0.15) is 0 Å². The molecule has 0 saturated heterocycles. The van der Waals surface area contributed by atoms with Crippen molar-refractivity contribution in [3.63, 3.8) is 0 Å². The van der Waals surface area contributed by atoms with E-state index in [0.29, 0.717) is 12.6 Å². The van der Waals surface area contributed by atoms with Gasteiger partial charge in [-0.15, -0.1) is 0 Å². The molecule has 5 nitrogen and oxygen atoms in total. The maximum absolute atomic E-state index is 10.1. The number of ether oxygens (including phenoxy) is 1. The summed E-state index contributed by atoms with van der Waals surface area (Å²) in [6.07, 6.45) is 4.72. The molecule has 0 amide bonds. The highest BCUT2D eigenvalue weighted by Gasteiger charge is 2.15. The highest BCUT2D eigenvalue weighted by molar-refractivity contribution is 5.71. The Balaban J connectivity index is 2.18. The number of nitrogens with zero attached hydrogens (tertiary/aromatic N) is 2. The first-order chi connectivity index (χ1) is 11.4. The molecule has 0 fully saturated rings. The highest BCUT2D eigenvalue weighted by atomic mass is 16.5. The van der Waals surface area contributed by atoms with Crippen molar-refractivity contribution in [1.29, 1.82) is 0 Å². The first kappa shape index (κ1) is 18.2. The average molecular weight is 329 g/mol. The van der Waals surface area contributed by atoms with E-state index in [-0.39, 0.29) is 6.61 Å². The van der Waals surface area contributed by atoms with E-state index in [1.807, 2.05) is 44.5 Å². The summed E-state index contributed by atoms with van der Waals surface area (Å²) in [5.74, 6) is 0.753. The zero-order valence-corrected chi connectivity index (χ0v) is 14.9. The number of aliphatic hydroxyl groups is 1. The number of imidazole rings is 1. The third-order valence-electron chi connectivity index (χ3n) is 3.73. The maximum Gasteiger partial charge on any atom is 0.131 e. The zero-order chi connectivity index (χ0) is 17.7. The molecule has 0 radical (unpaired) electrons. The van der Waals surface area contributed by atoms with Gasteiger partial charge in [0.05, 0.1) is 12.0 Å². The van der Waals surface area contributed by atoms with Gasteiger partial charge in [-0.05, 0) is 31.0 Å². The molecule has 130 valence electrons. The predicted octanol–water partition coefficient (Wildman–Crippen LogP) is 2.76. The van der Waals surface area contributed by atoms with Crippen molar-refractivity contribution < 1.29 is 9.84 Å². The smallest absolute Gasteiger partial charge is 0.131 e. The first-order valence-corrected chi connectivity index (χ1v) is 8.21. The van der Waals surface area contributed by atoms with Gasteiger partial charge in [0.2, 0.25) is 0 Å². The fraction of sp³-hybridized carbons (Fsp3) is 0.421. The predicted molar refractivity (Wildman–Crippen MR) is 97.2 cm³/mol. The zero-order valence-electron chi connectivity index (χ0n) is 14.9. The summed E-state index contributed by atoms with van der Waals surface area (Å²) in [5, 5.41) is 13.3. The quantitative estimate of drug-likeness (QED) is 0.782. The van der Waals surface area contributed by atoms with Crippen LogP contribution < -0.4 is 10.1 Å². The van der Waals surface area contributed by atoms with Gasteiger partial charge in [0, 0.05) is 30.5 Å². The molecular weight excluding hydrogens is 302 g/mol. The fourth-order valence-electron chi connectivity index (χ4n) is 2.53. The molecule has 1 aromatic carbocycles. The Hall–Kier alpha value is -2.11. The van der Waals surface area contributed by atoms with Crippen LogP contribution >= 0.6 is 0 Å². The van der Waals surface area contributed by atoms with Crippen molar-refractivity contribution in [3.05, 3.63) is 54.1 Å². The maximum atomic E-state index is 10.1. The number of hydrogen-bond acceptors (Lipinski definition) is 4. The van der Waals surface area contributed by atoms with Crippen LogP contribution in [0.1, 0.15) is 30.5 Å². The number of aromatic nitrogens is 2. The van der Waals surface area contributed by atoms with Gasteiger partial charge in [-0.3, -0.25) is 0 Å². The summed E-state index contributed by atoms with van der Waals surface area (Å²) in [7, 11) is 0. The Labute approximate surface area is 144 Å². The van der Waals surface area contributed by atoms with Crippen molar-refractivity contribution in [2.75, 3.05) is 13.2 Å². The van der Waals surface area contributed by atoms with Crippen LogP contribution in [0, 0.1) is 13.8 Å². The molecular formula is C19H27N3O2. The molecule has 0 bridgehead atoms. The monoisotopic (exact) mass is 329 g/mol. The van der Waals surface area contributed by atoms with Gasteiger partial charge in [-0.1, -0.05) is 26.5 Å². The summed E-state index contributed by atoms with van der Waals surface area (Å²) in [6, 6.07) is 4.44. The molecule has 0 spiro atoms. The second-order valence-corrected chi connectivity index (χ2v) is 6.40. The summed E-state index contributed by atoms with van der Waals surface area (Å²) >= 11 is 0. The topological polar surface area (TPSA) is 59.3 Å². The lowest BCUT2D eigenvalue weighted by Gasteiger charge is -2.20. The van der Waals surface area contributed by atoms with Crippen LogP contribution in [-0.4, -0.2) is 40.0 Å². The number of hydrogen-bond donors (Lipinski definition) is 2. The number of nitrogens with one attached hydrogen (secondary N) is 1. The van der Waals surface area contributed by atoms with Crippen LogP contribution in [0.2, 0.25) is 0 Å². The molecule has 2 N–H and O–H groups in total. The van der Waals surface area contributed by atoms with E-state index in [2.05, 4.69) is 22.9 Å². The summed E-state index contributed by atoms with van der Waals surface area (Å²) in [6.45, 7) is 13.0. The summed E-state index contributed by atoms with van der Waals surface area (Å²) < 4.78 is 7.81. The fourth-order valence-corrected chi connectivity index (χ4v) is 2.53. The first-order valence-electron chi connectivity index (χ1n) is 8.21. The van der Waals surface area contributed by atoms with Gasteiger partial charge in [-0.25, -0.2) is 4.98 Å². The Bertz CT molecular complexity index is 678. The molecule has 1 heterocycles. The van der Waals surface area contributed by atoms with Crippen molar-refractivity contribution >= 4 is 5.70 Å². The summed E-state index contributed by atoms with van der Waals surface area (Å²) in [4.78, 5) is 4.07. The normalized spacial score (nSPS) is 12.4. The molecule has 0 aliphatic carbocycles. The third-order valence-corrected chi connectivity index (χ3v) is 3.73. The van der Waals surface area contributed by atoms with Gasteiger partial charge >= 0.3 is 0 Å². The van der Waals surface area contributed by atoms with E-state index < -0.39 is 6.10 Å². The van der Waals surface area contributed by atoms with Gasteiger partial charge in [0.15, 0.2) is 0 Å². The Morgan fingerprint density at radius 2 is 2.12 bits per heavy atom. The third kappa shape index (κ3) is 4.69.